The van der Waals surface area contributed by atoms with Gasteiger partial charge in [0.05, 0.1) is 13.2 Å². The zero-order chi connectivity index (χ0) is 13.7. The summed E-state index contributed by atoms with van der Waals surface area (Å²) >= 11 is 0. The predicted molar refractivity (Wildman–Crippen MR) is 73.3 cm³/mol. The maximum Gasteiger partial charge on any atom is 0.135 e. The monoisotopic (exact) mass is 263 g/mol. The molecule has 1 saturated heterocycles. The summed E-state index contributed by atoms with van der Waals surface area (Å²) in [6, 6.07) is 7.50. The van der Waals surface area contributed by atoms with Crippen LogP contribution in [0, 0.1) is 0 Å². The van der Waals surface area contributed by atoms with Crippen molar-refractivity contribution in [3.63, 3.8) is 0 Å². The Kier molecular flexibility index (Phi) is 4.93. The molecule has 0 spiro atoms. The van der Waals surface area contributed by atoms with Gasteiger partial charge in [-0.05, 0) is 24.1 Å². The molecule has 0 radical (unpaired) electrons. The van der Waals surface area contributed by atoms with Crippen LogP contribution in [0.3, 0.4) is 0 Å². The minimum atomic E-state index is -0.455. The van der Waals surface area contributed by atoms with Gasteiger partial charge in [0, 0.05) is 32.5 Å². The zero-order valence-corrected chi connectivity index (χ0v) is 11.3. The van der Waals surface area contributed by atoms with Crippen molar-refractivity contribution in [1.29, 1.82) is 0 Å². The van der Waals surface area contributed by atoms with Crippen LogP contribution in [-0.2, 0) is 4.79 Å². The second kappa shape index (κ2) is 6.68. The molecule has 1 aliphatic rings. The van der Waals surface area contributed by atoms with Gasteiger partial charge in [0.2, 0.25) is 0 Å². The number of ether oxygens (including phenoxy) is 1. The summed E-state index contributed by atoms with van der Waals surface area (Å²) in [6.07, 6.45) is 1.54. The van der Waals surface area contributed by atoms with Gasteiger partial charge in [0.1, 0.15) is 11.5 Å². The molecule has 2 rings (SSSR count). The number of aliphatic hydroxyl groups excluding tert-OH is 1. The fraction of sp³-hybridized carbons (Fsp3) is 0.533. The average molecular weight is 263 g/mol. The smallest absolute Gasteiger partial charge is 0.135 e. The van der Waals surface area contributed by atoms with Crippen molar-refractivity contribution in [2.75, 3.05) is 26.7 Å². The van der Waals surface area contributed by atoms with Gasteiger partial charge in [-0.3, -0.25) is 4.79 Å². The van der Waals surface area contributed by atoms with Crippen LogP contribution in [-0.4, -0.2) is 42.5 Å². The maximum atomic E-state index is 11.1. The number of methoxy groups -OCH3 is 1. The van der Waals surface area contributed by atoms with Crippen LogP contribution in [0.5, 0.6) is 5.75 Å². The number of Topliss-reactive ketones (excluding diaryl/α,β-unsaturated/α-hetero) is 1. The molecule has 0 aromatic heterocycles. The number of rotatable bonds is 5. The molecule has 104 valence electrons. The van der Waals surface area contributed by atoms with Gasteiger partial charge in [0.25, 0.3) is 0 Å². The number of piperidine rings is 1. The van der Waals surface area contributed by atoms with Crippen molar-refractivity contribution in [2.45, 2.75) is 25.4 Å². The van der Waals surface area contributed by atoms with Crippen LogP contribution in [0.1, 0.15) is 30.9 Å². The lowest BCUT2D eigenvalue weighted by atomic mass is 10.0. The third kappa shape index (κ3) is 4.04. The average Bonchev–Trinajstić information content (AvgIpc) is 2.46. The number of benzene rings is 1. The van der Waals surface area contributed by atoms with E-state index in [1.807, 2.05) is 24.3 Å². The standard InChI is InChI=1S/C15H21NO3/c1-19-14-4-2-12(3-5-14)15(18)8-11-16-9-6-13(17)7-10-16/h2-5,15,18H,6-11H2,1H3. The molecule has 1 aromatic carbocycles. The third-order valence-corrected chi connectivity index (χ3v) is 3.63. The van der Waals surface area contributed by atoms with Crippen LogP contribution >= 0.6 is 0 Å². The molecule has 1 heterocycles. The topological polar surface area (TPSA) is 49.8 Å². The van der Waals surface area contributed by atoms with E-state index >= 15 is 0 Å². The van der Waals surface area contributed by atoms with Crippen LogP contribution < -0.4 is 4.74 Å². The van der Waals surface area contributed by atoms with E-state index in [2.05, 4.69) is 4.90 Å². The van der Waals surface area contributed by atoms with Gasteiger partial charge in [0.15, 0.2) is 0 Å². The second-order valence-electron chi connectivity index (χ2n) is 4.96. The van der Waals surface area contributed by atoms with Crippen molar-refractivity contribution in [2.24, 2.45) is 0 Å². The molecule has 0 saturated carbocycles. The van der Waals surface area contributed by atoms with E-state index in [-0.39, 0.29) is 0 Å². The highest BCUT2D eigenvalue weighted by Gasteiger charge is 2.17. The molecule has 0 amide bonds. The summed E-state index contributed by atoms with van der Waals surface area (Å²) in [5.41, 5.74) is 0.911. The highest BCUT2D eigenvalue weighted by Crippen LogP contribution is 2.20. The first-order valence-corrected chi connectivity index (χ1v) is 6.75. The Bertz CT molecular complexity index is 406. The lowest BCUT2D eigenvalue weighted by Gasteiger charge is -2.26. The van der Waals surface area contributed by atoms with Crippen molar-refractivity contribution < 1.29 is 14.6 Å². The zero-order valence-electron chi connectivity index (χ0n) is 11.3. The molecular weight excluding hydrogens is 242 g/mol. The summed E-state index contributed by atoms with van der Waals surface area (Å²) in [6.45, 7) is 2.49. The summed E-state index contributed by atoms with van der Waals surface area (Å²) in [7, 11) is 1.63. The van der Waals surface area contributed by atoms with E-state index in [0.29, 0.717) is 25.0 Å². The Labute approximate surface area is 114 Å². The predicted octanol–water partition coefficient (Wildman–Crippen LogP) is 1.78. The Balaban J connectivity index is 1.80. The summed E-state index contributed by atoms with van der Waals surface area (Å²) in [4.78, 5) is 13.4. The van der Waals surface area contributed by atoms with Crippen molar-refractivity contribution >= 4 is 5.78 Å². The minimum absolute atomic E-state index is 0.354. The van der Waals surface area contributed by atoms with Crippen LogP contribution in [0.25, 0.3) is 0 Å². The number of carbonyl (C=O) groups is 1. The first-order valence-electron chi connectivity index (χ1n) is 6.75. The van der Waals surface area contributed by atoms with Gasteiger partial charge < -0.3 is 14.7 Å². The molecule has 1 fully saturated rings. The van der Waals surface area contributed by atoms with Gasteiger partial charge >= 0.3 is 0 Å². The molecule has 19 heavy (non-hydrogen) atoms. The van der Waals surface area contributed by atoms with E-state index in [1.54, 1.807) is 7.11 Å². The van der Waals surface area contributed by atoms with Gasteiger partial charge in [-0.1, -0.05) is 12.1 Å². The Hall–Kier alpha value is -1.39. The first kappa shape index (κ1) is 14.0. The van der Waals surface area contributed by atoms with Crippen LogP contribution in [0.4, 0.5) is 0 Å². The van der Waals surface area contributed by atoms with Gasteiger partial charge in [-0.15, -0.1) is 0 Å². The number of likely N-dealkylation sites (tertiary alicyclic amines) is 1. The molecule has 1 unspecified atom stereocenters. The number of hydrogen-bond acceptors (Lipinski definition) is 4. The molecule has 4 nitrogen and oxygen atoms in total. The molecule has 0 bridgehead atoms. The summed E-state index contributed by atoms with van der Waals surface area (Å²) in [5.74, 6) is 1.15. The quantitative estimate of drug-likeness (QED) is 0.880. The van der Waals surface area contributed by atoms with Crippen LogP contribution in [0.15, 0.2) is 24.3 Å². The summed E-state index contributed by atoms with van der Waals surface area (Å²) in [5, 5.41) is 10.1. The number of ketones is 1. The van der Waals surface area contributed by atoms with Crippen molar-refractivity contribution in [3.05, 3.63) is 29.8 Å². The molecule has 1 atom stereocenters. The molecule has 1 aliphatic heterocycles. The fourth-order valence-corrected chi connectivity index (χ4v) is 2.32. The number of carbonyl (C=O) groups excluding carboxylic acids is 1. The number of aliphatic hydroxyl groups is 1. The van der Waals surface area contributed by atoms with Crippen molar-refractivity contribution in [3.8, 4) is 5.75 Å². The number of hydrogen-bond donors (Lipinski definition) is 1. The third-order valence-electron chi connectivity index (χ3n) is 3.63. The maximum absolute atomic E-state index is 11.1. The highest BCUT2D eigenvalue weighted by atomic mass is 16.5. The summed E-state index contributed by atoms with van der Waals surface area (Å²) < 4.78 is 5.09. The lowest BCUT2D eigenvalue weighted by molar-refractivity contribution is -0.121. The Morgan fingerprint density at radius 1 is 1.26 bits per heavy atom. The molecule has 4 heteroatoms. The van der Waals surface area contributed by atoms with E-state index < -0.39 is 6.10 Å². The van der Waals surface area contributed by atoms with Gasteiger partial charge in [-0.25, -0.2) is 0 Å². The molecule has 1 aromatic rings. The fourth-order valence-electron chi connectivity index (χ4n) is 2.32. The Morgan fingerprint density at radius 2 is 1.89 bits per heavy atom. The van der Waals surface area contributed by atoms with E-state index in [4.69, 9.17) is 4.74 Å². The van der Waals surface area contributed by atoms with Crippen molar-refractivity contribution in [1.82, 2.24) is 4.90 Å². The second-order valence-corrected chi connectivity index (χ2v) is 4.96. The SMILES string of the molecule is COc1ccc(C(O)CCN2CCC(=O)CC2)cc1. The molecule has 1 N–H and O–H groups in total. The largest absolute Gasteiger partial charge is 0.497 e. The van der Waals surface area contributed by atoms with E-state index in [0.717, 1.165) is 30.9 Å². The van der Waals surface area contributed by atoms with Crippen LogP contribution in [0.2, 0.25) is 0 Å². The van der Waals surface area contributed by atoms with E-state index in [9.17, 15) is 9.90 Å². The Morgan fingerprint density at radius 3 is 2.47 bits per heavy atom. The highest BCUT2D eigenvalue weighted by molar-refractivity contribution is 5.79. The normalized spacial score (nSPS) is 18.3. The molecule has 0 aliphatic carbocycles. The lowest BCUT2D eigenvalue weighted by Crippen LogP contribution is -2.35. The first-order chi connectivity index (χ1) is 9.19. The van der Waals surface area contributed by atoms with E-state index in [1.165, 1.54) is 0 Å². The minimum Gasteiger partial charge on any atom is -0.497 e. The van der Waals surface area contributed by atoms with Gasteiger partial charge in [-0.2, -0.15) is 0 Å². The molecular formula is C15H21NO3. The number of nitrogens with zero attached hydrogens (tertiary/aromatic N) is 1.